The van der Waals surface area contributed by atoms with Gasteiger partial charge in [-0.15, -0.1) is 53.6 Å². The Labute approximate surface area is 451 Å². The second-order valence-electron chi connectivity index (χ2n) is 22.3. The van der Waals surface area contributed by atoms with Gasteiger partial charge in [-0.3, -0.25) is 0 Å². The summed E-state index contributed by atoms with van der Waals surface area (Å²) in [6.45, 7) is 18.9. The van der Waals surface area contributed by atoms with E-state index in [4.69, 9.17) is 9.72 Å². The predicted octanol–water partition coefficient (Wildman–Crippen LogP) is 18.1. The zero-order chi connectivity index (χ0) is 50.1. The van der Waals surface area contributed by atoms with Crippen LogP contribution in [0, 0.1) is 29.6 Å². The molecule has 1 aliphatic carbocycles. The monoisotopic (exact) mass is 1140 g/mol. The number of ether oxygens (including phenoxy) is 1. The van der Waals surface area contributed by atoms with Crippen molar-refractivity contribution >= 4 is 44.6 Å². The van der Waals surface area contributed by atoms with Crippen LogP contribution in [0.25, 0.3) is 49.9 Å². The third kappa shape index (κ3) is 8.16. The molecule has 1 fully saturated rings. The van der Waals surface area contributed by atoms with Gasteiger partial charge in [-0.25, -0.2) is 4.98 Å². The van der Waals surface area contributed by atoms with Crippen LogP contribution in [0.15, 0.2) is 200 Å². The van der Waals surface area contributed by atoms with Gasteiger partial charge in [-0.05, 0) is 87.1 Å². The summed E-state index contributed by atoms with van der Waals surface area (Å²) in [5.74, 6) is 2.09. The van der Waals surface area contributed by atoms with Crippen molar-refractivity contribution < 1.29 is 25.8 Å². The fourth-order valence-corrected chi connectivity index (χ4v) is 12.9. The fourth-order valence-electron chi connectivity index (χ4n) is 12.9. The van der Waals surface area contributed by atoms with Crippen molar-refractivity contribution in [2.24, 2.45) is 10.8 Å². The van der Waals surface area contributed by atoms with E-state index in [1.165, 1.54) is 17.5 Å². The molecule has 2 aliphatic rings. The number of rotatable bonds is 9. The minimum absolute atomic E-state index is 0. The number of hydrogen-bond donors (Lipinski definition) is 0. The molecule has 5 nitrogen and oxygen atoms in total. The Morgan fingerprint density at radius 1 is 0.554 bits per heavy atom. The van der Waals surface area contributed by atoms with Crippen LogP contribution in [0.5, 0.6) is 11.5 Å². The van der Waals surface area contributed by atoms with Gasteiger partial charge in [0.25, 0.3) is 0 Å². The molecular weight excluding hydrogens is 1080 g/mol. The maximum atomic E-state index is 7.01. The molecule has 12 rings (SSSR count). The molecule has 0 atom stereocenters. The number of aromatic nitrogens is 2. The topological polar surface area (TPSA) is 33.5 Å². The summed E-state index contributed by atoms with van der Waals surface area (Å²) in [4.78, 5) is 9.79. The minimum atomic E-state index is -0.265. The van der Waals surface area contributed by atoms with Crippen LogP contribution in [0.3, 0.4) is 0 Å². The normalized spacial score (nSPS) is 15.7. The first kappa shape index (κ1) is 49.0. The smallest absolute Gasteiger partial charge is 0.135 e. The van der Waals surface area contributed by atoms with Crippen LogP contribution < -0.4 is 14.5 Å². The standard InChI is InChI=1S/C68H61N4O.Pt/c1-65(2,3)51-41-52(70-46-71(61-34-20-19-33-60(61)70)64-55(47-23-11-8-12-24-47)30-21-31-56(64)48-25-13-9-14-26-48)44-54(42-51)73-53-35-36-58-57-29-17-18-32-59(57)72(62(58)45-53)63-43-50(37-40-69-63)68(49-27-15-10-16-28-49)66(4,5)38-22-39-67(68,6)7;/h8-21,23-37,40-43,46H,22,38-39H2,1-7H3;/q-3;. The number of benzene rings is 8. The fraction of sp³-hybridized carbons (Fsp3) is 0.206. The Morgan fingerprint density at radius 3 is 1.80 bits per heavy atom. The Morgan fingerprint density at radius 2 is 1.15 bits per heavy atom. The van der Waals surface area contributed by atoms with Gasteiger partial charge in [-0.2, -0.15) is 6.07 Å². The number of hydrogen-bond acceptors (Lipinski definition) is 4. The van der Waals surface area contributed by atoms with Crippen molar-refractivity contribution in [1.29, 1.82) is 0 Å². The van der Waals surface area contributed by atoms with Crippen molar-refractivity contribution in [3.63, 3.8) is 0 Å². The molecule has 2 aromatic heterocycles. The van der Waals surface area contributed by atoms with Crippen molar-refractivity contribution in [2.45, 2.75) is 78.6 Å². The first-order valence-corrected chi connectivity index (χ1v) is 25.8. The van der Waals surface area contributed by atoms with Crippen LogP contribution in [-0.4, -0.2) is 9.55 Å². The van der Waals surface area contributed by atoms with Crippen molar-refractivity contribution in [3.8, 4) is 39.6 Å². The Hall–Kier alpha value is -7.20. The molecule has 10 aromatic rings. The predicted molar refractivity (Wildman–Crippen MR) is 302 cm³/mol. The molecule has 372 valence electrons. The summed E-state index contributed by atoms with van der Waals surface area (Å²) in [7, 11) is 0. The molecule has 0 amide bonds. The SMILES string of the molecule is CC(C)(C)c1cc(Oc2[c-]c3c(cc2)c2ccccc2n3-c2cc(C3(c4ccccc4)C(C)(C)CCCC3(C)C)ccn2)[c-]c(N2[CH-]N(c3c(-c4ccccc4)cccc3-c3ccccc3)c3ccccc32)c1.[Pt]. The molecule has 74 heavy (non-hydrogen) atoms. The maximum Gasteiger partial charge on any atom is 0.135 e. The van der Waals surface area contributed by atoms with E-state index in [0.29, 0.717) is 11.5 Å². The molecule has 0 radical (unpaired) electrons. The quantitative estimate of drug-likeness (QED) is 0.135. The third-order valence-corrected chi connectivity index (χ3v) is 16.1. The van der Waals surface area contributed by atoms with E-state index < -0.39 is 0 Å². The van der Waals surface area contributed by atoms with Crippen LogP contribution in [0.4, 0.5) is 22.7 Å². The van der Waals surface area contributed by atoms with Gasteiger partial charge in [0.2, 0.25) is 0 Å². The largest absolute Gasteiger partial charge is 0.509 e. The molecule has 0 N–H and O–H groups in total. The summed E-state index contributed by atoms with van der Waals surface area (Å²) in [5, 5.41) is 2.23. The van der Waals surface area contributed by atoms with E-state index >= 15 is 0 Å². The summed E-state index contributed by atoms with van der Waals surface area (Å²) < 4.78 is 9.29. The van der Waals surface area contributed by atoms with Crippen molar-refractivity contribution in [2.75, 3.05) is 9.80 Å². The number of pyridine rings is 1. The number of anilines is 4. The third-order valence-electron chi connectivity index (χ3n) is 16.1. The molecule has 3 heterocycles. The van der Waals surface area contributed by atoms with Gasteiger partial charge in [0, 0.05) is 77.9 Å². The molecule has 1 aliphatic heterocycles. The van der Waals surface area contributed by atoms with Crippen LogP contribution >= 0.6 is 0 Å². The summed E-state index contributed by atoms with van der Waals surface area (Å²) >= 11 is 0. The molecule has 0 bridgehead atoms. The summed E-state index contributed by atoms with van der Waals surface area (Å²) in [5.41, 5.74) is 14.0. The van der Waals surface area contributed by atoms with Gasteiger partial charge < -0.3 is 19.1 Å². The first-order chi connectivity index (χ1) is 35.3. The average molecular weight is 1150 g/mol. The van der Waals surface area contributed by atoms with Gasteiger partial charge in [-0.1, -0.05) is 200 Å². The summed E-state index contributed by atoms with van der Waals surface area (Å²) in [6.07, 6.45) is 5.50. The van der Waals surface area contributed by atoms with Crippen LogP contribution in [0.2, 0.25) is 0 Å². The van der Waals surface area contributed by atoms with Gasteiger partial charge in [0.05, 0.1) is 0 Å². The maximum absolute atomic E-state index is 7.01. The van der Waals surface area contributed by atoms with E-state index in [1.54, 1.807) is 0 Å². The first-order valence-electron chi connectivity index (χ1n) is 25.8. The average Bonchev–Trinajstić information content (AvgIpc) is 3.95. The molecule has 1 saturated carbocycles. The molecular formula is C68H61N4OPt-3. The zero-order valence-corrected chi connectivity index (χ0v) is 45.5. The molecule has 8 aromatic carbocycles. The van der Waals surface area contributed by atoms with Crippen LogP contribution in [-0.2, 0) is 31.9 Å². The van der Waals surface area contributed by atoms with Gasteiger partial charge in [0.15, 0.2) is 0 Å². The molecule has 6 heteroatoms. The number of fused-ring (bicyclic) bond motifs is 4. The van der Waals surface area contributed by atoms with Gasteiger partial charge in [0.1, 0.15) is 5.82 Å². The Bertz CT molecular complexity index is 3590. The number of para-hydroxylation sites is 4. The molecule has 0 saturated heterocycles. The van der Waals surface area contributed by atoms with E-state index in [2.05, 4.69) is 270 Å². The van der Waals surface area contributed by atoms with Gasteiger partial charge >= 0.3 is 0 Å². The minimum Gasteiger partial charge on any atom is -0.509 e. The Balaban J connectivity index is 0.00000588. The molecule has 0 unspecified atom stereocenters. The number of nitrogens with zero attached hydrogens (tertiary/aromatic N) is 4. The second kappa shape index (κ2) is 18.9. The Kier molecular flexibility index (Phi) is 12.5. The van der Waals surface area contributed by atoms with Crippen molar-refractivity contribution in [3.05, 3.63) is 236 Å². The van der Waals surface area contributed by atoms with Crippen LogP contribution in [0.1, 0.15) is 84.4 Å². The van der Waals surface area contributed by atoms with Crippen molar-refractivity contribution in [1.82, 2.24) is 9.55 Å². The van der Waals surface area contributed by atoms with E-state index in [-0.39, 0.29) is 42.7 Å². The van der Waals surface area contributed by atoms with E-state index in [9.17, 15) is 0 Å². The van der Waals surface area contributed by atoms with E-state index in [1.807, 2.05) is 12.3 Å². The molecule has 0 spiro atoms. The van der Waals surface area contributed by atoms with E-state index in [0.717, 1.165) is 91.0 Å². The summed E-state index contributed by atoms with van der Waals surface area (Å²) in [6, 6.07) is 77.3. The second-order valence-corrected chi connectivity index (χ2v) is 22.3. The zero-order valence-electron chi connectivity index (χ0n) is 43.3.